The first-order valence-electron chi connectivity index (χ1n) is 6.62. The molecule has 3 nitrogen and oxygen atoms in total. The summed E-state index contributed by atoms with van der Waals surface area (Å²) >= 11 is 0. The van der Waals surface area contributed by atoms with Crippen molar-refractivity contribution in [1.29, 1.82) is 0 Å². The fraction of sp³-hybridized carbons (Fsp3) is 0.571. The summed E-state index contributed by atoms with van der Waals surface area (Å²) in [6.07, 6.45) is -3.55. The molecule has 1 atom stereocenters. The number of alkyl halides is 3. The highest BCUT2D eigenvalue weighted by Crippen LogP contribution is 2.34. The van der Waals surface area contributed by atoms with Gasteiger partial charge in [0.2, 0.25) is 0 Å². The number of benzene rings is 1. The van der Waals surface area contributed by atoms with Crippen molar-refractivity contribution in [3.63, 3.8) is 0 Å². The zero-order chi connectivity index (χ0) is 14.8. The fourth-order valence-electron chi connectivity index (χ4n) is 2.56. The van der Waals surface area contributed by atoms with Crippen LogP contribution in [0.25, 0.3) is 0 Å². The number of halogens is 3. The molecular formula is C14H18F3NO2. The van der Waals surface area contributed by atoms with Crippen LogP contribution in [0.1, 0.15) is 24.5 Å². The van der Waals surface area contributed by atoms with E-state index in [2.05, 4.69) is 0 Å². The molecule has 1 saturated heterocycles. The van der Waals surface area contributed by atoms with Gasteiger partial charge in [0.05, 0.1) is 24.8 Å². The van der Waals surface area contributed by atoms with Crippen molar-refractivity contribution in [3.05, 3.63) is 29.3 Å². The molecule has 0 radical (unpaired) electrons. The Morgan fingerprint density at radius 1 is 1.40 bits per heavy atom. The van der Waals surface area contributed by atoms with Crippen LogP contribution in [0.4, 0.5) is 18.9 Å². The predicted octanol–water partition coefficient (Wildman–Crippen LogP) is 2.81. The summed E-state index contributed by atoms with van der Waals surface area (Å²) in [7, 11) is 0. The number of ether oxygens (including phenoxy) is 1. The Morgan fingerprint density at radius 2 is 2.15 bits per heavy atom. The summed E-state index contributed by atoms with van der Waals surface area (Å²) in [5, 5.41) is 9.37. The molecule has 0 aliphatic carbocycles. The van der Waals surface area contributed by atoms with E-state index >= 15 is 0 Å². The number of aliphatic hydroxyl groups excluding tert-OH is 1. The number of hydrogen-bond acceptors (Lipinski definition) is 3. The maximum atomic E-state index is 12.7. The van der Waals surface area contributed by atoms with Gasteiger partial charge in [0, 0.05) is 24.4 Å². The van der Waals surface area contributed by atoms with E-state index in [4.69, 9.17) is 4.74 Å². The minimum Gasteiger partial charge on any atom is -0.392 e. The second-order valence-electron chi connectivity index (χ2n) is 4.80. The maximum absolute atomic E-state index is 12.7. The number of hydrogen-bond donors (Lipinski definition) is 1. The van der Waals surface area contributed by atoms with E-state index in [9.17, 15) is 18.3 Å². The van der Waals surface area contributed by atoms with E-state index in [0.717, 1.165) is 18.6 Å². The number of nitrogens with zero attached hydrogens (tertiary/aromatic N) is 1. The third-order valence-electron chi connectivity index (χ3n) is 3.57. The SMILES string of the molecule is CCN(c1ccc(C(F)(F)F)cc1CO)[C@@H]1CCOC1. The van der Waals surface area contributed by atoms with Crippen molar-refractivity contribution in [2.45, 2.75) is 32.2 Å². The van der Waals surface area contributed by atoms with Crippen LogP contribution in [0.5, 0.6) is 0 Å². The van der Waals surface area contributed by atoms with Gasteiger partial charge in [-0.15, -0.1) is 0 Å². The number of likely N-dealkylation sites (N-methyl/N-ethyl adjacent to an activating group) is 1. The van der Waals surface area contributed by atoms with Gasteiger partial charge in [0.1, 0.15) is 0 Å². The summed E-state index contributed by atoms with van der Waals surface area (Å²) < 4.78 is 43.4. The Hall–Kier alpha value is -1.27. The van der Waals surface area contributed by atoms with Gasteiger partial charge in [-0.25, -0.2) is 0 Å². The molecule has 1 fully saturated rings. The lowest BCUT2D eigenvalue weighted by atomic mass is 10.1. The van der Waals surface area contributed by atoms with Crippen LogP contribution >= 0.6 is 0 Å². The summed E-state index contributed by atoms with van der Waals surface area (Å²) in [5.41, 5.74) is 0.219. The highest BCUT2D eigenvalue weighted by Gasteiger charge is 2.32. The zero-order valence-corrected chi connectivity index (χ0v) is 11.3. The van der Waals surface area contributed by atoms with Crippen molar-refractivity contribution in [3.8, 4) is 0 Å². The molecule has 0 aromatic heterocycles. The fourth-order valence-corrected chi connectivity index (χ4v) is 2.56. The van der Waals surface area contributed by atoms with E-state index in [-0.39, 0.29) is 6.04 Å². The van der Waals surface area contributed by atoms with Crippen LogP contribution in [0.15, 0.2) is 18.2 Å². The second kappa shape index (κ2) is 6.01. The predicted molar refractivity (Wildman–Crippen MR) is 69.6 cm³/mol. The monoisotopic (exact) mass is 289 g/mol. The first-order chi connectivity index (χ1) is 9.47. The van der Waals surface area contributed by atoms with E-state index in [1.165, 1.54) is 6.07 Å². The molecule has 1 aromatic carbocycles. The van der Waals surface area contributed by atoms with E-state index in [1.54, 1.807) is 0 Å². The Labute approximate surface area is 116 Å². The molecule has 0 bridgehead atoms. The lowest BCUT2D eigenvalue weighted by Crippen LogP contribution is -2.36. The van der Waals surface area contributed by atoms with Crippen LogP contribution in [-0.4, -0.2) is 30.9 Å². The van der Waals surface area contributed by atoms with Gasteiger partial charge in [-0.3, -0.25) is 0 Å². The summed E-state index contributed by atoms with van der Waals surface area (Å²) in [5.74, 6) is 0. The Balaban J connectivity index is 2.34. The largest absolute Gasteiger partial charge is 0.416 e. The smallest absolute Gasteiger partial charge is 0.392 e. The molecule has 1 aliphatic heterocycles. The first kappa shape index (κ1) is 15.1. The molecule has 2 rings (SSSR count). The van der Waals surface area contributed by atoms with Gasteiger partial charge < -0.3 is 14.7 Å². The zero-order valence-electron chi connectivity index (χ0n) is 11.3. The minimum absolute atomic E-state index is 0.155. The molecule has 0 unspecified atom stereocenters. The highest BCUT2D eigenvalue weighted by molar-refractivity contribution is 5.56. The summed E-state index contributed by atoms with van der Waals surface area (Å²) in [6, 6.07) is 3.68. The van der Waals surface area contributed by atoms with E-state index < -0.39 is 18.3 Å². The molecular weight excluding hydrogens is 271 g/mol. The Morgan fingerprint density at radius 3 is 2.65 bits per heavy atom. The Bertz CT molecular complexity index is 456. The molecule has 6 heteroatoms. The molecule has 0 spiro atoms. The molecule has 0 amide bonds. The summed E-state index contributed by atoms with van der Waals surface area (Å²) in [4.78, 5) is 2.00. The van der Waals surface area contributed by atoms with Crippen molar-refractivity contribution in [2.75, 3.05) is 24.7 Å². The van der Waals surface area contributed by atoms with Crippen molar-refractivity contribution in [2.24, 2.45) is 0 Å². The maximum Gasteiger partial charge on any atom is 0.416 e. The molecule has 1 heterocycles. The van der Waals surface area contributed by atoms with Crippen molar-refractivity contribution in [1.82, 2.24) is 0 Å². The van der Waals surface area contributed by atoms with Crippen LogP contribution in [0.3, 0.4) is 0 Å². The minimum atomic E-state index is -4.39. The molecule has 1 aromatic rings. The van der Waals surface area contributed by atoms with Gasteiger partial charge in [0.15, 0.2) is 0 Å². The molecule has 20 heavy (non-hydrogen) atoms. The first-order valence-corrected chi connectivity index (χ1v) is 6.62. The van der Waals surface area contributed by atoms with Crippen molar-refractivity contribution < 1.29 is 23.0 Å². The summed E-state index contributed by atoms with van der Waals surface area (Å²) in [6.45, 7) is 3.42. The van der Waals surface area contributed by atoms with Gasteiger partial charge in [-0.2, -0.15) is 13.2 Å². The van der Waals surface area contributed by atoms with Gasteiger partial charge in [-0.05, 0) is 31.5 Å². The molecule has 0 saturated carbocycles. The van der Waals surface area contributed by atoms with E-state index in [0.29, 0.717) is 31.0 Å². The highest BCUT2D eigenvalue weighted by atomic mass is 19.4. The van der Waals surface area contributed by atoms with Gasteiger partial charge in [-0.1, -0.05) is 0 Å². The average Bonchev–Trinajstić information content (AvgIpc) is 2.92. The van der Waals surface area contributed by atoms with Crippen molar-refractivity contribution >= 4 is 5.69 Å². The number of aliphatic hydroxyl groups is 1. The van der Waals surface area contributed by atoms with Crippen LogP contribution in [0.2, 0.25) is 0 Å². The second-order valence-corrected chi connectivity index (χ2v) is 4.80. The normalized spacial score (nSPS) is 19.4. The quantitative estimate of drug-likeness (QED) is 0.925. The molecule has 1 aliphatic rings. The van der Waals surface area contributed by atoms with Crippen LogP contribution < -0.4 is 4.90 Å². The lowest BCUT2D eigenvalue weighted by Gasteiger charge is -2.31. The van der Waals surface area contributed by atoms with E-state index in [1.807, 2.05) is 11.8 Å². The van der Waals surface area contributed by atoms with Gasteiger partial charge in [0.25, 0.3) is 0 Å². The molecule has 1 N–H and O–H groups in total. The van der Waals surface area contributed by atoms with Crippen LogP contribution in [0, 0.1) is 0 Å². The van der Waals surface area contributed by atoms with Crippen LogP contribution in [-0.2, 0) is 17.5 Å². The third-order valence-corrected chi connectivity index (χ3v) is 3.57. The molecule has 112 valence electrons. The Kier molecular flexibility index (Phi) is 4.55. The lowest BCUT2D eigenvalue weighted by molar-refractivity contribution is -0.137. The van der Waals surface area contributed by atoms with Gasteiger partial charge >= 0.3 is 6.18 Å². The number of anilines is 1. The number of rotatable bonds is 4. The average molecular weight is 289 g/mol. The third kappa shape index (κ3) is 3.07. The topological polar surface area (TPSA) is 32.7 Å². The standard InChI is InChI=1S/C14H18F3NO2/c1-2-18(12-5-6-20-9-12)13-4-3-11(14(15,16)17)7-10(13)8-19/h3-4,7,12,19H,2,5-6,8-9H2,1H3/t12-/m1/s1.